The van der Waals surface area contributed by atoms with Gasteiger partial charge in [0.25, 0.3) is 0 Å². The number of rotatable bonds is 5. The normalized spacial score (nSPS) is 17.3. The highest BCUT2D eigenvalue weighted by Crippen LogP contribution is 2.32. The van der Waals surface area contributed by atoms with Crippen molar-refractivity contribution < 1.29 is 18.3 Å². The zero-order chi connectivity index (χ0) is 18.2. The second-order valence-corrected chi connectivity index (χ2v) is 8.26. The first kappa shape index (κ1) is 18.2. The van der Waals surface area contributed by atoms with Gasteiger partial charge in [0.2, 0.25) is 10.0 Å². The molecule has 1 unspecified atom stereocenters. The number of halogens is 2. The van der Waals surface area contributed by atoms with Gasteiger partial charge in [0.05, 0.1) is 17.3 Å². The lowest BCUT2D eigenvalue weighted by molar-refractivity contribution is -0.137. The number of carbonyl (C=O) groups is 1. The van der Waals surface area contributed by atoms with Gasteiger partial charge in [-0.2, -0.15) is 5.10 Å². The summed E-state index contributed by atoms with van der Waals surface area (Å²) in [4.78, 5) is 10.9. The van der Waals surface area contributed by atoms with Gasteiger partial charge in [0.15, 0.2) is 0 Å². The van der Waals surface area contributed by atoms with Crippen LogP contribution in [0.4, 0.5) is 0 Å². The molecule has 0 spiro atoms. The number of hydrogen-bond acceptors (Lipinski definition) is 4. The van der Waals surface area contributed by atoms with Crippen LogP contribution >= 0.6 is 23.2 Å². The molecule has 3 rings (SSSR count). The van der Waals surface area contributed by atoms with Crippen molar-refractivity contribution in [1.82, 2.24) is 14.5 Å². The van der Waals surface area contributed by atoms with Crippen molar-refractivity contribution in [3.63, 3.8) is 0 Å². The lowest BCUT2D eigenvalue weighted by atomic mass is 9.94. The zero-order valence-corrected chi connectivity index (χ0v) is 15.3. The molecule has 2 aromatic rings. The quantitative estimate of drug-likeness (QED) is 0.798. The van der Waals surface area contributed by atoms with E-state index in [4.69, 9.17) is 28.3 Å². The van der Waals surface area contributed by atoms with E-state index in [1.54, 1.807) is 0 Å². The molecule has 0 aliphatic heterocycles. The fourth-order valence-corrected chi connectivity index (χ4v) is 4.97. The van der Waals surface area contributed by atoms with Crippen molar-refractivity contribution in [2.24, 2.45) is 0 Å². The summed E-state index contributed by atoms with van der Waals surface area (Å²) in [5.74, 6) is -0.999. The molecule has 0 saturated heterocycles. The van der Waals surface area contributed by atoms with Crippen LogP contribution in [-0.2, 0) is 27.8 Å². The highest BCUT2D eigenvalue weighted by Gasteiger charge is 2.29. The summed E-state index contributed by atoms with van der Waals surface area (Å²) < 4.78 is 29.4. The van der Waals surface area contributed by atoms with Crippen molar-refractivity contribution in [3.8, 4) is 0 Å². The van der Waals surface area contributed by atoms with E-state index in [0.29, 0.717) is 23.4 Å². The maximum Gasteiger partial charge on any atom is 0.325 e. The van der Waals surface area contributed by atoms with Crippen molar-refractivity contribution in [2.75, 3.05) is 0 Å². The lowest BCUT2D eigenvalue weighted by Crippen LogP contribution is -2.31. The maximum atomic E-state index is 12.7. The smallest absolute Gasteiger partial charge is 0.325 e. The van der Waals surface area contributed by atoms with E-state index in [1.807, 2.05) is 0 Å². The Kier molecular flexibility index (Phi) is 5.06. The van der Waals surface area contributed by atoms with Crippen LogP contribution in [0.5, 0.6) is 0 Å². The molecule has 0 amide bonds. The topological polar surface area (TPSA) is 101 Å². The fourth-order valence-electron chi connectivity index (χ4n) is 2.95. The number of nitrogens with one attached hydrogen (secondary N) is 1. The predicted molar refractivity (Wildman–Crippen MR) is 92.3 cm³/mol. The summed E-state index contributed by atoms with van der Waals surface area (Å²) in [7, 11) is -3.86. The van der Waals surface area contributed by atoms with Crippen LogP contribution in [-0.4, -0.2) is 29.3 Å². The van der Waals surface area contributed by atoms with Crippen LogP contribution in [0.3, 0.4) is 0 Å². The summed E-state index contributed by atoms with van der Waals surface area (Å²) in [6, 6.07) is 3.70. The summed E-state index contributed by atoms with van der Waals surface area (Å²) in [5, 5.41) is 13.4. The average Bonchev–Trinajstić information content (AvgIpc) is 2.90. The molecular weight excluding hydrogens is 389 g/mol. The summed E-state index contributed by atoms with van der Waals surface area (Å²) >= 11 is 11.8. The van der Waals surface area contributed by atoms with Gasteiger partial charge in [0.1, 0.15) is 11.4 Å². The molecule has 134 valence electrons. The van der Waals surface area contributed by atoms with E-state index in [0.717, 1.165) is 12.1 Å². The van der Waals surface area contributed by atoms with E-state index in [2.05, 4.69) is 9.82 Å². The fraction of sp³-hybridized carbons (Fsp3) is 0.333. The summed E-state index contributed by atoms with van der Waals surface area (Å²) in [6.45, 7) is -0.252. The van der Waals surface area contributed by atoms with Crippen molar-refractivity contribution in [2.45, 2.75) is 36.7 Å². The molecule has 0 fully saturated rings. The minimum absolute atomic E-state index is 0.0394. The standard InChI is InChI=1S/C15H15Cl2N3O4S/c16-9-4-5-14(11(17)6-9)25(23,24)19-12-2-1-3-13-10(12)7-18-20(13)8-15(21)22/h4-7,12,19H,1-3,8H2,(H,21,22). The molecule has 1 aromatic heterocycles. The Balaban J connectivity index is 1.89. The predicted octanol–water partition coefficient (Wildman–Crippen LogP) is 2.63. The lowest BCUT2D eigenvalue weighted by Gasteiger charge is -2.24. The van der Waals surface area contributed by atoms with Crippen LogP contribution in [0.2, 0.25) is 10.0 Å². The monoisotopic (exact) mass is 403 g/mol. The first-order valence-electron chi connectivity index (χ1n) is 7.51. The SMILES string of the molecule is O=C(O)Cn1ncc2c1CCCC2NS(=O)(=O)c1ccc(Cl)cc1Cl. The largest absolute Gasteiger partial charge is 0.480 e. The van der Waals surface area contributed by atoms with Crippen LogP contribution in [0, 0.1) is 0 Å². The Morgan fingerprint density at radius 3 is 2.84 bits per heavy atom. The Morgan fingerprint density at radius 2 is 2.16 bits per heavy atom. The highest BCUT2D eigenvalue weighted by atomic mass is 35.5. The van der Waals surface area contributed by atoms with Crippen LogP contribution in [0.1, 0.15) is 30.1 Å². The van der Waals surface area contributed by atoms with Gasteiger partial charge in [-0.05, 0) is 37.5 Å². The molecule has 1 aliphatic rings. The van der Waals surface area contributed by atoms with Crippen LogP contribution < -0.4 is 4.72 Å². The third-order valence-corrected chi connectivity index (χ3v) is 6.22. The second-order valence-electron chi connectivity index (χ2n) is 5.74. The number of carboxylic acid groups (broad SMARTS) is 1. The number of fused-ring (bicyclic) bond motifs is 1. The molecule has 1 aliphatic carbocycles. The Bertz CT molecular complexity index is 927. The van der Waals surface area contributed by atoms with Gasteiger partial charge in [-0.25, -0.2) is 13.1 Å². The highest BCUT2D eigenvalue weighted by molar-refractivity contribution is 7.89. The van der Waals surface area contributed by atoms with Gasteiger partial charge in [-0.3, -0.25) is 9.48 Å². The van der Waals surface area contributed by atoms with E-state index in [1.165, 1.54) is 29.1 Å². The van der Waals surface area contributed by atoms with E-state index >= 15 is 0 Å². The number of aromatic nitrogens is 2. The third kappa shape index (κ3) is 3.82. The molecule has 0 bridgehead atoms. The molecule has 2 N–H and O–H groups in total. The minimum atomic E-state index is -3.86. The van der Waals surface area contributed by atoms with Gasteiger partial charge in [0, 0.05) is 16.3 Å². The number of sulfonamides is 1. The van der Waals surface area contributed by atoms with E-state index in [-0.39, 0.29) is 16.5 Å². The second kappa shape index (κ2) is 6.95. The Labute approximate surface area is 154 Å². The number of aliphatic carboxylic acids is 1. The van der Waals surface area contributed by atoms with Crippen molar-refractivity contribution in [3.05, 3.63) is 45.7 Å². The molecule has 7 nitrogen and oxygen atoms in total. The van der Waals surface area contributed by atoms with Crippen LogP contribution in [0.25, 0.3) is 0 Å². The molecular formula is C15H15Cl2N3O4S. The van der Waals surface area contributed by atoms with Crippen molar-refractivity contribution >= 4 is 39.2 Å². The number of benzene rings is 1. The first-order chi connectivity index (χ1) is 11.8. The molecule has 1 atom stereocenters. The molecule has 1 aromatic carbocycles. The molecule has 0 saturated carbocycles. The third-order valence-electron chi connectivity index (χ3n) is 4.03. The Hall–Kier alpha value is -1.61. The molecule has 25 heavy (non-hydrogen) atoms. The van der Waals surface area contributed by atoms with Crippen LogP contribution in [0.15, 0.2) is 29.3 Å². The minimum Gasteiger partial charge on any atom is -0.480 e. The first-order valence-corrected chi connectivity index (χ1v) is 9.75. The molecule has 0 radical (unpaired) electrons. The number of carboxylic acids is 1. The van der Waals surface area contributed by atoms with Gasteiger partial charge in [-0.15, -0.1) is 0 Å². The average molecular weight is 404 g/mol. The van der Waals surface area contributed by atoms with Crippen molar-refractivity contribution in [1.29, 1.82) is 0 Å². The van der Waals surface area contributed by atoms with Gasteiger partial charge < -0.3 is 5.11 Å². The number of nitrogens with zero attached hydrogens (tertiary/aromatic N) is 2. The summed E-state index contributed by atoms with van der Waals surface area (Å²) in [6.07, 6.45) is 3.49. The Morgan fingerprint density at radius 1 is 1.40 bits per heavy atom. The molecule has 10 heteroatoms. The maximum absolute atomic E-state index is 12.7. The number of hydrogen-bond donors (Lipinski definition) is 2. The van der Waals surface area contributed by atoms with E-state index in [9.17, 15) is 13.2 Å². The van der Waals surface area contributed by atoms with Gasteiger partial charge >= 0.3 is 5.97 Å². The van der Waals surface area contributed by atoms with E-state index < -0.39 is 22.0 Å². The van der Waals surface area contributed by atoms with Gasteiger partial charge in [-0.1, -0.05) is 23.2 Å². The zero-order valence-electron chi connectivity index (χ0n) is 12.9. The molecule has 1 heterocycles. The summed E-state index contributed by atoms with van der Waals surface area (Å²) in [5.41, 5.74) is 1.43.